The van der Waals surface area contributed by atoms with Crippen LogP contribution in [0.25, 0.3) is 0 Å². The molecule has 1 unspecified atom stereocenters. The maximum Gasteiger partial charge on any atom is 0.140 e. The summed E-state index contributed by atoms with van der Waals surface area (Å²) in [5, 5.41) is 0. The highest BCUT2D eigenvalue weighted by Gasteiger charge is 2.26. The van der Waals surface area contributed by atoms with E-state index in [0.717, 1.165) is 0 Å². The lowest BCUT2D eigenvalue weighted by Crippen LogP contribution is -2.18. The number of hydrogen-bond acceptors (Lipinski definition) is 2. The summed E-state index contributed by atoms with van der Waals surface area (Å²) in [6.45, 7) is 8.15. The molecule has 0 heterocycles. The molecule has 0 saturated heterocycles. The molecule has 0 saturated carbocycles. The molecule has 3 heteroatoms. The highest BCUT2D eigenvalue weighted by molar-refractivity contribution is 5.86. The first kappa shape index (κ1) is 14.7. The summed E-state index contributed by atoms with van der Waals surface area (Å²) in [4.78, 5) is 12.0. The molecular formula is C15H21FO2. The Morgan fingerprint density at radius 2 is 2.00 bits per heavy atom. The van der Waals surface area contributed by atoms with E-state index < -0.39 is 0 Å². The van der Waals surface area contributed by atoms with Crippen molar-refractivity contribution in [3.63, 3.8) is 0 Å². The van der Waals surface area contributed by atoms with Gasteiger partial charge in [-0.1, -0.05) is 20.8 Å². The van der Waals surface area contributed by atoms with E-state index in [2.05, 4.69) is 0 Å². The molecule has 0 N–H and O–H groups in total. The van der Waals surface area contributed by atoms with Crippen LogP contribution < -0.4 is 4.74 Å². The summed E-state index contributed by atoms with van der Waals surface area (Å²) in [5.41, 5.74) is 0.665. The Balaban J connectivity index is 3.24. The van der Waals surface area contributed by atoms with E-state index in [4.69, 9.17) is 4.74 Å². The van der Waals surface area contributed by atoms with Gasteiger partial charge >= 0.3 is 0 Å². The summed E-state index contributed by atoms with van der Waals surface area (Å²) in [6.07, 6.45) is 0.449. The summed E-state index contributed by atoms with van der Waals surface area (Å²) in [6, 6.07) is 4.39. The fourth-order valence-electron chi connectivity index (χ4n) is 2.17. The number of carbonyl (C=O) groups is 1. The number of ether oxygens (including phenoxy) is 1. The maximum atomic E-state index is 13.4. The Kier molecular flexibility index (Phi) is 5.32. The van der Waals surface area contributed by atoms with E-state index >= 15 is 0 Å². The Morgan fingerprint density at radius 1 is 1.33 bits per heavy atom. The maximum absolute atomic E-state index is 13.4. The first-order valence-corrected chi connectivity index (χ1v) is 6.46. The Bertz CT molecular complexity index is 413. The highest BCUT2D eigenvalue weighted by Crippen LogP contribution is 2.34. The standard InChI is InChI=1S/C15H21FO2/c1-5-13(17)15(10(3)4)12-9-11(16)7-8-14(12)18-6-2/h7-10,15H,5-6H2,1-4H3. The quantitative estimate of drug-likeness (QED) is 0.766. The minimum Gasteiger partial charge on any atom is -0.494 e. The van der Waals surface area contributed by atoms with E-state index in [9.17, 15) is 9.18 Å². The van der Waals surface area contributed by atoms with Gasteiger partial charge in [-0.2, -0.15) is 0 Å². The van der Waals surface area contributed by atoms with Gasteiger partial charge in [0.05, 0.1) is 6.61 Å². The predicted octanol–water partition coefficient (Wildman–Crippen LogP) is 3.94. The zero-order chi connectivity index (χ0) is 13.7. The molecule has 0 bridgehead atoms. The lowest BCUT2D eigenvalue weighted by molar-refractivity contribution is -0.121. The minimum absolute atomic E-state index is 0.122. The van der Waals surface area contributed by atoms with Gasteiger partial charge in [-0.25, -0.2) is 4.39 Å². The van der Waals surface area contributed by atoms with Crippen molar-refractivity contribution in [1.82, 2.24) is 0 Å². The van der Waals surface area contributed by atoms with Gasteiger partial charge in [0.1, 0.15) is 17.3 Å². The third-order valence-corrected chi connectivity index (χ3v) is 2.97. The lowest BCUT2D eigenvalue weighted by atomic mass is 9.83. The molecule has 18 heavy (non-hydrogen) atoms. The second-order valence-corrected chi connectivity index (χ2v) is 4.66. The SMILES string of the molecule is CCOc1ccc(F)cc1C(C(=O)CC)C(C)C. The van der Waals surface area contributed by atoms with E-state index in [1.807, 2.05) is 27.7 Å². The van der Waals surface area contributed by atoms with Crippen LogP contribution in [0.3, 0.4) is 0 Å². The van der Waals surface area contributed by atoms with E-state index in [-0.39, 0.29) is 23.4 Å². The third kappa shape index (κ3) is 3.31. The first-order chi connectivity index (χ1) is 8.51. The van der Waals surface area contributed by atoms with Crippen molar-refractivity contribution >= 4 is 5.78 Å². The van der Waals surface area contributed by atoms with Crippen LogP contribution in [-0.4, -0.2) is 12.4 Å². The van der Waals surface area contributed by atoms with Crippen molar-refractivity contribution in [3.8, 4) is 5.75 Å². The smallest absolute Gasteiger partial charge is 0.140 e. The van der Waals surface area contributed by atoms with Crippen molar-refractivity contribution in [1.29, 1.82) is 0 Å². The molecule has 0 radical (unpaired) electrons. The monoisotopic (exact) mass is 252 g/mol. The minimum atomic E-state index is -0.331. The fourth-order valence-corrected chi connectivity index (χ4v) is 2.17. The van der Waals surface area contributed by atoms with Gasteiger partial charge in [0.2, 0.25) is 0 Å². The van der Waals surface area contributed by atoms with Crippen molar-refractivity contribution in [2.75, 3.05) is 6.61 Å². The molecule has 1 atom stereocenters. The van der Waals surface area contributed by atoms with Crippen molar-refractivity contribution in [3.05, 3.63) is 29.6 Å². The van der Waals surface area contributed by atoms with Crippen LogP contribution >= 0.6 is 0 Å². The van der Waals surface area contributed by atoms with Crippen LogP contribution in [-0.2, 0) is 4.79 Å². The van der Waals surface area contributed by atoms with Gasteiger partial charge in [0.25, 0.3) is 0 Å². The second-order valence-electron chi connectivity index (χ2n) is 4.66. The van der Waals surface area contributed by atoms with Crippen LogP contribution in [0.15, 0.2) is 18.2 Å². The van der Waals surface area contributed by atoms with E-state index in [1.165, 1.54) is 12.1 Å². The summed E-state index contributed by atoms with van der Waals surface area (Å²) >= 11 is 0. The zero-order valence-corrected chi connectivity index (χ0v) is 11.5. The van der Waals surface area contributed by atoms with Gasteiger partial charge < -0.3 is 4.74 Å². The molecule has 0 amide bonds. The molecule has 0 fully saturated rings. The number of carbonyl (C=O) groups excluding carboxylic acids is 1. The summed E-state index contributed by atoms with van der Waals surface area (Å²) in [5.74, 6) is 0.227. The topological polar surface area (TPSA) is 26.3 Å². The van der Waals surface area contributed by atoms with E-state index in [0.29, 0.717) is 24.3 Å². The van der Waals surface area contributed by atoms with Gasteiger partial charge in [0.15, 0.2) is 0 Å². The van der Waals surface area contributed by atoms with Crippen LogP contribution in [0.1, 0.15) is 45.6 Å². The predicted molar refractivity (Wildman–Crippen MR) is 70.4 cm³/mol. The van der Waals surface area contributed by atoms with Gasteiger partial charge in [-0.15, -0.1) is 0 Å². The van der Waals surface area contributed by atoms with Crippen LogP contribution in [0.5, 0.6) is 5.75 Å². The average Bonchev–Trinajstić information content (AvgIpc) is 2.32. The second kappa shape index (κ2) is 6.53. The number of halogens is 1. The number of rotatable bonds is 6. The molecule has 0 aromatic heterocycles. The van der Waals surface area contributed by atoms with Gasteiger partial charge in [0, 0.05) is 17.9 Å². The molecule has 0 spiro atoms. The number of Topliss-reactive ketones (excluding diaryl/α,β-unsaturated/α-hetero) is 1. The zero-order valence-electron chi connectivity index (χ0n) is 11.5. The normalized spacial score (nSPS) is 12.6. The van der Waals surface area contributed by atoms with Crippen molar-refractivity contribution < 1.29 is 13.9 Å². The van der Waals surface area contributed by atoms with Crippen molar-refractivity contribution in [2.24, 2.45) is 5.92 Å². The van der Waals surface area contributed by atoms with Crippen molar-refractivity contribution in [2.45, 2.75) is 40.0 Å². The largest absolute Gasteiger partial charge is 0.494 e. The van der Waals surface area contributed by atoms with Gasteiger partial charge in [-0.05, 0) is 31.0 Å². The molecule has 1 rings (SSSR count). The molecule has 2 nitrogen and oxygen atoms in total. The molecule has 100 valence electrons. The summed E-state index contributed by atoms with van der Waals surface area (Å²) < 4.78 is 18.9. The fraction of sp³-hybridized carbons (Fsp3) is 0.533. The Hall–Kier alpha value is -1.38. The number of ketones is 1. The Morgan fingerprint density at radius 3 is 2.50 bits per heavy atom. The van der Waals surface area contributed by atoms with Crippen LogP contribution in [0, 0.1) is 11.7 Å². The molecule has 0 aliphatic rings. The van der Waals surface area contributed by atoms with Crippen LogP contribution in [0.4, 0.5) is 4.39 Å². The molecule has 1 aromatic rings. The molecule has 0 aliphatic heterocycles. The molecular weight excluding hydrogens is 231 g/mol. The van der Waals surface area contributed by atoms with E-state index in [1.54, 1.807) is 6.07 Å². The first-order valence-electron chi connectivity index (χ1n) is 6.46. The molecule has 0 aliphatic carbocycles. The number of benzene rings is 1. The van der Waals surface area contributed by atoms with Gasteiger partial charge in [-0.3, -0.25) is 4.79 Å². The third-order valence-electron chi connectivity index (χ3n) is 2.97. The molecule has 1 aromatic carbocycles. The van der Waals surface area contributed by atoms with Crippen LogP contribution in [0.2, 0.25) is 0 Å². The average molecular weight is 252 g/mol. The summed E-state index contributed by atoms with van der Waals surface area (Å²) in [7, 11) is 0. The lowest BCUT2D eigenvalue weighted by Gasteiger charge is -2.22. The Labute approximate surface area is 108 Å². The highest BCUT2D eigenvalue weighted by atomic mass is 19.1. The number of hydrogen-bond donors (Lipinski definition) is 0.